The minimum atomic E-state index is 0.0544. The second-order valence-corrected chi connectivity index (χ2v) is 9.54. The van der Waals surface area contributed by atoms with Crippen molar-refractivity contribution in [1.82, 2.24) is 4.98 Å². The van der Waals surface area contributed by atoms with Gasteiger partial charge in [0.2, 0.25) is 0 Å². The molecule has 5 rings (SSSR count). The first kappa shape index (κ1) is 22.4. The van der Waals surface area contributed by atoms with E-state index in [0.717, 1.165) is 39.0 Å². The Morgan fingerprint density at radius 1 is 0.971 bits per heavy atom. The Hall–Kier alpha value is -4.43. The molecule has 0 fully saturated rings. The van der Waals surface area contributed by atoms with E-state index in [1.165, 1.54) is 5.56 Å². The molecule has 0 amide bonds. The van der Waals surface area contributed by atoms with E-state index in [4.69, 9.17) is 9.73 Å². The number of aliphatic imine (C=N–C) groups is 1. The molecule has 0 unspecified atom stereocenters. The zero-order chi connectivity index (χ0) is 24.6. The molecule has 0 atom stereocenters. The number of fused-ring (bicyclic) bond motifs is 2. The zero-order valence-electron chi connectivity index (χ0n) is 20.3. The van der Waals surface area contributed by atoms with Gasteiger partial charge in [-0.2, -0.15) is 5.26 Å². The van der Waals surface area contributed by atoms with Crippen LogP contribution in [0.25, 0.3) is 16.3 Å². The highest BCUT2D eigenvalue weighted by molar-refractivity contribution is 6.18. The molecule has 2 heterocycles. The number of ether oxygens (including phenoxy) is 1. The third-order valence-corrected chi connectivity index (χ3v) is 6.24. The summed E-state index contributed by atoms with van der Waals surface area (Å²) >= 11 is 0. The van der Waals surface area contributed by atoms with E-state index in [1.54, 1.807) is 13.3 Å². The van der Waals surface area contributed by atoms with Crippen molar-refractivity contribution in [3.8, 4) is 11.8 Å². The summed E-state index contributed by atoms with van der Waals surface area (Å²) in [7, 11) is 1.64. The Balaban J connectivity index is 1.73. The number of rotatable bonds is 3. The van der Waals surface area contributed by atoms with Crippen LogP contribution in [0.2, 0.25) is 0 Å². The molecule has 3 aromatic carbocycles. The lowest BCUT2D eigenvalue weighted by Crippen LogP contribution is -2.17. The number of pyridine rings is 1. The van der Waals surface area contributed by atoms with Crippen molar-refractivity contribution >= 4 is 27.7 Å². The van der Waals surface area contributed by atoms with Gasteiger partial charge < -0.3 is 10.1 Å². The Morgan fingerprint density at radius 3 is 2.46 bits per heavy atom. The maximum atomic E-state index is 10.2. The number of methoxy groups -OCH3 is 1. The van der Waals surface area contributed by atoms with Gasteiger partial charge >= 0.3 is 0 Å². The molecule has 1 aromatic heterocycles. The quantitative estimate of drug-likeness (QED) is 0.347. The van der Waals surface area contributed by atoms with Crippen LogP contribution in [0.4, 0.5) is 5.69 Å². The average Bonchev–Trinajstić information content (AvgIpc) is 2.88. The Labute approximate surface area is 205 Å². The van der Waals surface area contributed by atoms with Crippen molar-refractivity contribution in [2.75, 3.05) is 12.4 Å². The van der Waals surface area contributed by atoms with Gasteiger partial charge in [0.1, 0.15) is 17.4 Å². The fourth-order valence-corrected chi connectivity index (χ4v) is 4.29. The van der Waals surface area contributed by atoms with Gasteiger partial charge in [0.05, 0.1) is 24.2 Å². The van der Waals surface area contributed by atoms with E-state index in [9.17, 15) is 5.26 Å². The lowest BCUT2D eigenvalue weighted by atomic mass is 9.86. The van der Waals surface area contributed by atoms with Crippen LogP contribution < -0.4 is 10.1 Å². The molecular weight excluding hydrogens is 432 g/mol. The first-order valence-corrected chi connectivity index (χ1v) is 11.5. The number of nitrogens with one attached hydrogen (secondary N) is 1. The number of benzene rings is 3. The second kappa shape index (κ2) is 8.73. The maximum absolute atomic E-state index is 10.2. The fraction of sp³-hybridized carbons (Fsp3) is 0.167. The lowest BCUT2D eigenvalue weighted by Gasteiger charge is -2.23. The number of nitriles is 1. The molecular formula is C30H26N4O. The molecule has 35 heavy (non-hydrogen) atoms. The van der Waals surface area contributed by atoms with Crippen LogP contribution >= 0.6 is 0 Å². The zero-order valence-corrected chi connectivity index (χ0v) is 20.3. The normalized spacial score (nSPS) is 14.4. The molecule has 0 aliphatic carbocycles. The Morgan fingerprint density at radius 2 is 1.74 bits per heavy atom. The van der Waals surface area contributed by atoms with Crippen molar-refractivity contribution in [3.05, 3.63) is 107 Å². The van der Waals surface area contributed by atoms with Gasteiger partial charge in [-0.05, 0) is 34.6 Å². The lowest BCUT2D eigenvalue weighted by molar-refractivity contribution is 0.415. The van der Waals surface area contributed by atoms with Crippen LogP contribution in [0, 0.1) is 11.3 Å². The van der Waals surface area contributed by atoms with Crippen molar-refractivity contribution in [2.45, 2.75) is 26.2 Å². The number of nitrogens with zero attached hydrogens (tertiary/aromatic N) is 3. The third-order valence-electron chi connectivity index (χ3n) is 6.24. The number of aromatic nitrogens is 1. The first-order valence-electron chi connectivity index (χ1n) is 11.5. The third kappa shape index (κ3) is 4.15. The molecule has 4 aromatic rings. The van der Waals surface area contributed by atoms with Gasteiger partial charge in [0, 0.05) is 28.8 Å². The summed E-state index contributed by atoms with van der Waals surface area (Å²) < 4.78 is 5.47. The summed E-state index contributed by atoms with van der Waals surface area (Å²) in [5.41, 5.74) is 5.84. The molecule has 172 valence electrons. The first-order chi connectivity index (χ1) is 16.9. The number of allylic oxidation sites excluding steroid dienone is 1. The van der Waals surface area contributed by atoms with Gasteiger partial charge in [-0.15, -0.1) is 0 Å². The molecule has 0 spiro atoms. The van der Waals surface area contributed by atoms with Gasteiger partial charge in [-0.25, -0.2) is 4.99 Å². The summed E-state index contributed by atoms with van der Waals surface area (Å²) in [6.07, 6.45) is 1.73. The van der Waals surface area contributed by atoms with Crippen LogP contribution in [-0.4, -0.2) is 17.8 Å². The van der Waals surface area contributed by atoms with Gasteiger partial charge in [-0.3, -0.25) is 4.98 Å². The number of anilines is 1. The van der Waals surface area contributed by atoms with Crippen molar-refractivity contribution in [3.63, 3.8) is 0 Å². The summed E-state index contributed by atoms with van der Waals surface area (Å²) in [4.78, 5) is 9.54. The highest BCUT2D eigenvalue weighted by Gasteiger charge is 2.24. The standard InChI is InChI=1S/C30H26N4O/c1-30(2,3)21-11-9-20(10-12-21)27-24-14-13-22(35-4)17-26(24)33-29(34-27)25(18-31)28-23-8-6-5-7-19(23)15-16-32-28/h5-17,33H,1-4H3/b29-25+. The van der Waals surface area contributed by atoms with Gasteiger partial charge in [0.15, 0.2) is 5.82 Å². The van der Waals surface area contributed by atoms with Crippen LogP contribution in [0.3, 0.4) is 0 Å². The molecule has 0 bridgehead atoms. The fourth-order valence-electron chi connectivity index (χ4n) is 4.29. The molecule has 1 N–H and O–H groups in total. The number of hydrogen-bond donors (Lipinski definition) is 1. The summed E-state index contributed by atoms with van der Waals surface area (Å²) in [5, 5.41) is 15.5. The van der Waals surface area contributed by atoms with Gasteiger partial charge in [0.25, 0.3) is 0 Å². The molecule has 1 aliphatic rings. The van der Waals surface area contributed by atoms with E-state index >= 15 is 0 Å². The smallest absolute Gasteiger partial charge is 0.151 e. The topological polar surface area (TPSA) is 70.3 Å². The molecule has 5 heteroatoms. The summed E-state index contributed by atoms with van der Waals surface area (Å²) in [5.74, 6) is 1.19. The summed E-state index contributed by atoms with van der Waals surface area (Å²) in [6, 6.07) is 26.5. The van der Waals surface area contributed by atoms with E-state index < -0.39 is 0 Å². The largest absolute Gasteiger partial charge is 0.497 e. The Bertz CT molecular complexity index is 1530. The van der Waals surface area contributed by atoms with Crippen LogP contribution in [-0.2, 0) is 5.41 Å². The monoisotopic (exact) mass is 458 g/mol. The predicted molar refractivity (Wildman–Crippen MR) is 142 cm³/mol. The second-order valence-electron chi connectivity index (χ2n) is 9.54. The minimum absolute atomic E-state index is 0.0544. The molecule has 0 saturated carbocycles. The predicted octanol–water partition coefficient (Wildman–Crippen LogP) is 6.70. The van der Waals surface area contributed by atoms with Crippen LogP contribution in [0.1, 0.15) is 43.2 Å². The van der Waals surface area contributed by atoms with E-state index in [-0.39, 0.29) is 5.41 Å². The maximum Gasteiger partial charge on any atom is 0.151 e. The Kier molecular flexibility index (Phi) is 5.58. The van der Waals surface area contributed by atoms with E-state index in [0.29, 0.717) is 17.1 Å². The summed E-state index contributed by atoms with van der Waals surface area (Å²) in [6.45, 7) is 6.59. The SMILES string of the molecule is COc1ccc2c(c1)N/C(=C(/C#N)c1nccc3ccccc13)N=C2c1ccc(C(C)(C)C)cc1. The van der Waals surface area contributed by atoms with Gasteiger partial charge in [-0.1, -0.05) is 69.3 Å². The van der Waals surface area contributed by atoms with Crippen molar-refractivity contribution in [1.29, 1.82) is 5.26 Å². The molecule has 5 nitrogen and oxygen atoms in total. The average molecular weight is 459 g/mol. The number of hydrogen-bond acceptors (Lipinski definition) is 5. The van der Waals surface area contributed by atoms with E-state index in [2.05, 4.69) is 61.4 Å². The van der Waals surface area contributed by atoms with Crippen LogP contribution in [0.5, 0.6) is 5.75 Å². The van der Waals surface area contributed by atoms with Crippen LogP contribution in [0.15, 0.2) is 89.8 Å². The highest BCUT2D eigenvalue weighted by Crippen LogP contribution is 2.34. The van der Waals surface area contributed by atoms with Crippen molar-refractivity contribution in [2.24, 2.45) is 4.99 Å². The van der Waals surface area contributed by atoms with Crippen molar-refractivity contribution < 1.29 is 4.74 Å². The molecule has 0 radical (unpaired) electrons. The molecule has 0 saturated heterocycles. The van der Waals surface area contributed by atoms with E-state index in [1.807, 2.05) is 48.5 Å². The highest BCUT2D eigenvalue weighted by atomic mass is 16.5. The minimum Gasteiger partial charge on any atom is -0.497 e. The molecule has 1 aliphatic heterocycles.